The number of aliphatic hydroxyl groups excluding tert-OH is 2. The van der Waals surface area contributed by atoms with Crippen LogP contribution >= 0.6 is 0 Å². The summed E-state index contributed by atoms with van der Waals surface area (Å²) < 4.78 is 5.69. The van der Waals surface area contributed by atoms with Gasteiger partial charge in [-0.25, -0.2) is 0 Å². The number of aliphatic hydroxyl groups is 2. The molecule has 6 nitrogen and oxygen atoms in total. The normalized spacial score (nSPS) is 43.8. The fourth-order valence-electron chi connectivity index (χ4n) is 9.96. The van der Waals surface area contributed by atoms with Crippen molar-refractivity contribution in [3.63, 3.8) is 0 Å². The zero-order valence-electron chi connectivity index (χ0n) is 24.0. The lowest BCUT2D eigenvalue weighted by Gasteiger charge is -2.61. The Bertz CT molecular complexity index is 898. The first kappa shape index (κ1) is 28.7. The molecule has 0 saturated heterocycles. The lowest BCUT2D eigenvalue weighted by Crippen LogP contribution is -2.59. The number of fused-ring (bicyclic) bond motifs is 5. The zero-order chi connectivity index (χ0) is 27.4. The van der Waals surface area contributed by atoms with Gasteiger partial charge in [0.25, 0.3) is 0 Å². The van der Waals surface area contributed by atoms with E-state index in [1.165, 1.54) is 6.92 Å². The molecule has 0 aliphatic heterocycles. The van der Waals surface area contributed by atoms with Crippen LogP contribution in [0, 0.1) is 58.2 Å². The number of hydrogen-bond donors (Lipinski definition) is 2. The van der Waals surface area contributed by atoms with E-state index in [0.717, 1.165) is 32.1 Å². The molecule has 4 saturated carbocycles. The van der Waals surface area contributed by atoms with Gasteiger partial charge < -0.3 is 14.9 Å². The number of hydrogen-bond acceptors (Lipinski definition) is 6. The summed E-state index contributed by atoms with van der Waals surface area (Å²) >= 11 is 0. The van der Waals surface area contributed by atoms with E-state index >= 15 is 0 Å². The molecule has 0 aromatic rings. The smallest absolute Gasteiger partial charge is 0.303 e. The van der Waals surface area contributed by atoms with Gasteiger partial charge in [0.15, 0.2) is 11.9 Å². The van der Waals surface area contributed by atoms with Gasteiger partial charge in [-0.2, -0.15) is 0 Å². The van der Waals surface area contributed by atoms with Gasteiger partial charge in [-0.05, 0) is 85.4 Å². The van der Waals surface area contributed by atoms with E-state index in [1.54, 1.807) is 0 Å². The van der Waals surface area contributed by atoms with Crippen molar-refractivity contribution in [2.24, 2.45) is 58.2 Å². The molecule has 0 aromatic heterocycles. The molecule has 0 bridgehead atoms. The highest BCUT2D eigenvalue weighted by atomic mass is 16.5. The summed E-state index contributed by atoms with van der Waals surface area (Å²) in [6.07, 6.45) is 3.91. The number of Topliss-reactive ketones (excluding diaryl/α,β-unsaturated/α-hetero) is 2. The third-order valence-electron chi connectivity index (χ3n) is 11.9. The minimum Gasteiger partial charge on any atom is -0.454 e. The summed E-state index contributed by atoms with van der Waals surface area (Å²) in [5.41, 5.74) is -0.307. The summed E-state index contributed by atoms with van der Waals surface area (Å²) in [5, 5.41) is 20.9. The van der Waals surface area contributed by atoms with Crippen molar-refractivity contribution < 1.29 is 29.3 Å². The van der Waals surface area contributed by atoms with Gasteiger partial charge >= 0.3 is 5.97 Å². The second kappa shape index (κ2) is 10.4. The summed E-state index contributed by atoms with van der Waals surface area (Å²) in [5.74, 6) is 0.974. The van der Waals surface area contributed by atoms with E-state index < -0.39 is 24.3 Å². The summed E-state index contributed by atoms with van der Waals surface area (Å²) in [6, 6.07) is 0. The molecule has 37 heavy (non-hydrogen) atoms. The monoisotopic (exact) mass is 518 g/mol. The Labute approximate surface area is 223 Å². The Hall–Kier alpha value is -1.27. The first-order valence-corrected chi connectivity index (χ1v) is 14.9. The van der Waals surface area contributed by atoms with Crippen molar-refractivity contribution in [2.45, 2.75) is 118 Å². The van der Waals surface area contributed by atoms with E-state index in [2.05, 4.69) is 34.6 Å². The molecular weight excluding hydrogens is 468 g/mol. The Kier molecular flexibility index (Phi) is 8.05. The van der Waals surface area contributed by atoms with Gasteiger partial charge in [-0.3, -0.25) is 14.4 Å². The van der Waals surface area contributed by atoms with E-state index in [9.17, 15) is 24.6 Å². The van der Waals surface area contributed by atoms with Crippen LogP contribution in [0.1, 0.15) is 99.8 Å². The van der Waals surface area contributed by atoms with Crippen molar-refractivity contribution in [1.29, 1.82) is 0 Å². The molecule has 6 heteroatoms. The van der Waals surface area contributed by atoms with Crippen LogP contribution in [0.25, 0.3) is 0 Å². The van der Waals surface area contributed by atoms with Crippen LogP contribution in [0.5, 0.6) is 0 Å². The molecular formula is C31H50O6. The molecule has 4 aliphatic rings. The Balaban J connectivity index is 1.58. The van der Waals surface area contributed by atoms with Gasteiger partial charge in [-0.1, -0.05) is 41.5 Å². The van der Waals surface area contributed by atoms with Gasteiger partial charge in [-0.15, -0.1) is 0 Å². The lowest BCUT2D eigenvalue weighted by atomic mass is 9.44. The average molecular weight is 519 g/mol. The summed E-state index contributed by atoms with van der Waals surface area (Å²) in [6.45, 7) is 14.2. The molecule has 0 radical (unpaired) electrons. The predicted octanol–water partition coefficient (Wildman–Crippen LogP) is 4.98. The molecule has 12 atom stereocenters. The third-order valence-corrected chi connectivity index (χ3v) is 11.9. The highest BCUT2D eigenvalue weighted by Crippen LogP contribution is 2.67. The Morgan fingerprint density at radius 3 is 2.27 bits per heavy atom. The Morgan fingerprint density at radius 1 is 1.03 bits per heavy atom. The second-order valence-electron chi connectivity index (χ2n) is 13.9. The maximum absolute atomic E-state index is 13.9. The average Bonchev–Trinajstić information content (AvgIpc) is 3.16. The number of ether oxygens (including phenoxy) is 1. The minimum atomic E-state index is -0.807. The molecule has 2 N–H and O–H groups in total. The van der Waals surface area contributed by atoms with Crippen molar-refractivity contribution in [3.05, 3.63) is 0 Å². The molecule has 4 rings (SSSR count). The topological polar surface area (TPSA) is 101 Å². The van der Waals surface area contributed by atoms with Crippen molar-refractivity contribution in [2.75, 3.05) is 0 Å². The molecule has 0 heterocycles. The SMILES string of the molecule is CC[C@@H](C(C)C)[C@@H](OC(C)=O)C(=O)[C@@H](C)[C@H]1CC[C@H]2[C@@H]3CC(=O)[C@H]4C[C@H](O)[C@H](O)C[C@]4(C)[C@H]3CC[C@]12C. The van der Waals surface area contributed by atoms with Crippen LogP contribution in [0.2, 0.25) is 0 Å². The molecule has 4 aliphatic carbocycles. The van der Waals surface area contributed by atoms with Gasteiger partial charge in [0.05, 0.1) is 12.2 Å². The highest BCUT2D eigenvalue weighted by molar-refractivity contribution is 5.88. The fraction of sp³-hybridized carbons (Fsp3) is 0.903. The largest absolute Gasteiger partial charge is 0.454 e. The first-order valence-electron chi connectivity index (χ1n) is 14.9. The summed E-state index contributed by atoms with van der Waals surface area (Å²) in [7, 11) is 0. The van der Waals surface area contributed by atoms with Crippen LogP contribution in [0.4, 0.5) is 0 Å². The van der Waals surface area contributed by atoms with Gasteiger partial charge in [0, 0.05) is 31.1 Å². The standard InChI is InChI=1S/C31H50O6/c1-8-19(16(2)3)29(37-18(5)32)28(36)17(4)21-9-10-22-20-13-25(33)24-14-26(34)27(35)15-31(24,7)23(20)11-12-30(21,22)6/h16-17,19-24,26-27,29,34-35H,8-15H2,1-7H3/t17-,19-,20-,21+,22-,23-,24+,26-,27+,29+,30+,31+/m0/s1. The molecule has 0 unspecified atom stereocenters. The van der Waals surface area contributed by atoms with Crippen molar-refractivity contribution in [3.8, 4) is 0 Å². The number of carbonyl (C=O) groups excluding carboxylic acids is 3. The molecule has 0 amide bonds. The zero-order valence-corrected chi connectivity index (χ0v) is 24.0. The quantitative estimate of drug-likeness (QED) is 0.461. The van der Waals surface area contributed by atoms with E-state index in [0.29, 0.717) is 31.1 Å². The van der Waals surface area contributed by atoms with Crippen molar-refractivity contribution >= 4 is 17.5 Å². The summed E-state index contributed by atoms with van der Waals surface area (Å²) in [4.78, 5) is 39.3. The van der Waals surface area contributed by atoms with Gasteiger partial charge in [0.2, 0.25) is 0 Å². The lowest BCUT2D eigenvalue weighted by molar-refractivity contribution is -0.174. The van der Waals surface area contributed by atoms with Crippen LogP contribution in [-0.4, -0.2) is 46.1 Å². The van der Waals surface area contributed by atoms with E-state index in [-0.39, 0.29) is 57.9 Å². The highest BCUT2D eigenvalue weighted by Gasteiger charge is 2.64. The number of rotatable bonds is 7. The van der Waals surface area contributed by atoms with Crippen LogP contribution in [-0.2, 0) is 19.1 Å². The maximum Gasteiger partial charge on any atom is 0.303 e. The van der Waals surface area contributed by atoms with Gasteiger partial charge in [0.1, 0.15) is 5.78 Å². The molecule has 4 fully saturated rings. The first-order chi connectivity index (χ1) is 17.3. The van der Waals surface area contributed by atoms with E-state index in [1.807, 2.05) is 6.92 Å². The molecule has 210 valence electrons. The number of carbonyl (C=O) groups is 3. The number of ketones is 2. The third kappa shape index (κ3) is 4.73. The van der Waals surface area contributed by atoms with E-state index in [4.69, 9.17) is 4.74 Å². The predicted molar refractivity (Wildman–Crippen MR) is 141 cm³/mol. The maximum atomic E-state index is 13.9. The minimum absolute atomic E-state index is 0.000483. The number of esters is 1. The molecule has 0 aromatic carbocycles. The van der Waals surface area contributed by atoms with Crippen LogP contribution in [0.15, 0.2) is 0 Å². The second-order valence-corrected chi connectivity index (χ2v) is 13.9. The fourth-order valence-corrected chi connectivity index (χ4v) is 9.96. The molecule has 0 spiro atoms. The van der Waals surface area contributed by atoms with Crippen LogP contribution in [0.3, 0.4) is 0 Å². The Morgan fingerprint density at radius 2 is 1.68 bits per heavy atom. The van der Waals surface area contributed by atoms with Crippen LogP contribution < -0.4 is 0 Å². The van der Waals surface area contributed by atoms with Crippen molar-refractivity contribution in [1.82, 2.24) is 0 Å².